The highest BCUT2D eigenvalue weighted by Gasteiger charge is 2.22. The minimum atomic E-state index is 0.635. The summed E-state index contributed by atoms with van der Waals surface area (Å²) >= 11 is 0. The van der Waals surface area contributed by atoms with Crippen molar-refractivity contribution in [2.45, 2.75) is 0 Å². The van der Waals surface area contributed by atoms with Gasteiger partial charge in [-0.05, 0) is 92.0 Å². The van der Waals surface area contributed by atoms with E-state index < -0.39 is 0 Å². The fourth-order valence-electron chi connectivity index (χ4n) is 7.67. The van der Waals surface area contributed by atoms with Crippen molar-refractivity contribution in [3.05, 3.63) is 194 Å². The smallest absolute Gasteiger partial charge is 0.227 e. The van der Waals surface area contributed by atoms with E-state index >= 15 is 0 Å². The Morgan fingerprint density at radius 3 is 1.56 bits per heavy atom. The maximum absolute atomic E-state index is 6.53. The van der Waals surface area contributed by atoms with Crippen molar-refractivity contribution in [2.24, 2.45) is 0 Å². The molecule has 0 saturated heterocycles. The highest BCUT2D eigenvalue weighted by atomic mass is 16.3. The van der Waals surface area contributed by atoms with Gasteiger partial charge in [0.2, 0.25) is 5.71 Å². The minimum absolute atomic E-state index is 0.635. The Hall–Kier alpha value is -6.97. The third-order valence-corrected chi connectivity index (χ3v) is 10.1. The quantitative estimate of drug-likeness (QED) is 0.177. The molecule has 0 aliphatic heterocycles. The maximum atomic E-state index is 6.53. The molecular weight excluding hydrogens is 633 g/mol. The molecule has 8 aromatic carbocycles. The van der Waals surface area contributed by atoms with Gasteiger partial charge in [-0.3, -0.25) is 0 Å². The van der Waals surface area contributed by atoms with Crippen LogP contribution in [0.5, 0.6) is 0 Å². The van der Waals surface area contributed by atoms with Gasteiger partial charge in [0.05, 0.1) is 16.5 Å². The minimum Gasteiger partial charge on any atom is -0.437 e. The van der Waals surface area contributed by atoms with Crippen LogP contribution < -0.4 is 4.90 Å². The average Bonchev–Trinajstić information content (AvgIpc) is 3.62. The van der Waals surface area contributed by atoms with Crippen molar-refractivity contribution in [3.63, 3.8) is 0 Å². The van der Waals surface area contributed by atoms with Gasteiger partial charge in [0.25, 0.3) is 0 Å². The Morgan fingerprint density at radius 2 is 0.904 bits per heavy atom. The Kier molecular flexibility index (Phi) is 7.14. The van der Waals surface area contributed by atoms with E-state index in [1.165, 1.54) is 44.2 Å². The second-order valence-electron chi connectivity index (χ2n) is 13.1. The molecule has 0 aliphatic carbocycles. The number of hydrogen-bond acceptors (Lipinski definition) is 3. The molecule has 0 amide bonds. The normalized spacial score (nSPS) is 11.5. The molecule has 0 aliphatic rings. The molecule has 0 bridgehead atoms. The van der Waals surface area contributed by atoms with Crippen LogP contribution >= 0.6 is 0 Å². The van der Waals surface area contributed by atoms with E-state index in [1.807, 2.05) is 6.07 Å². The Morgan fingerprint density at radius 1 is 0.404 bits per heavy atom. The first-order valence-electron chi connectivity index (χ1n) is 17.6. The summed E-state index contributed by atoms with van der Waals surface area (Å²) in [5, 5.41) is 6.69. The van der Waals surface area contributed by atoms with Crippen LogP contribution in [0.1, 0.15) is 0 Å². The fourth-order valence-corrected chi connectivity index (χ4v) is 7.67. The first kappa shape index (κ1) is 29.9. The zero-order valence-corrected chi connectivity index (χ0v) is 28.3. The summed E-state index contributed by atoms with van der Waals surface area (Å²) in [6, 6.07) is 67.0. The van der Waals surface area contributed by atoms with Gasteiger partial charge in [-0.2, -0.15) is 0 Å². The van der Waals surface area contributed by atoms with E-state index in [-0.39, 0.29) is 0 Å². The van der Waals surface area contributed by atoms with Crippen molar-refractivity contribution in [2.75, 3.05) is 4.90 Å². The van der Waals surface area contributed by atoms with Crippen molar-refractivity contribution in [1.29, 1.82) is 0 Å². The molecule has 0 radical (unpaired) electrons. The van der Waals surface area contributed by atoms with Crippen LogP contribution in [-0.4, -0.2) is 4.98 Å². The molecule has 244 valence electrons. The Bertz CT molecular complexity index is 2880. The first-order chi connectivity index (χ1) is 25.8. The molecule has 2 aromatic heterocycles. The third kappa shape index (κ3) is 5.02. The van der Waals surface area contributed by atoms with E-state index in [2.05, 4.69) is 192 Å². The summed E-state index contributed by atoms with van der Waals surface area (Å²) in [6.45, 7) is 0. The molecule has 0 unspecified atom stereocenters. The first-order valence-corrected chi connectivity index (χ1v) is 17.6. The number of nitrogens with zero attached hydrogens (tertiary/aromatic N) is 2. The number of anilines is 3. The second kappa shape index (κ2) is 12.4. The van der Waals surface area contributed by atoms with Gasteiger partial charge in [0.15, 0.2) is 0 Å². The Labute approximate surface area is 301 Å². The van der Waals surface area contributed by atoms with Crippen LogP contribution in [0.15, 0.2) is 199 Å². The number of pyridine rings is 1. The van der Waals surface area contributed by atoms with Crippen molar-refractivity contribution in [1.82, 2.24) is 4.98 Å². The van der Waals surface area contributed by atoms with Crippen LogP contribution in [0.2, 0.25) is 0 Å². The molecule has 0 fully saturated rings. The highest BCUT2D eigenvalue weighted by Crippen LogP contribution is 2.46. The number of hydrogen-bond donors (Lipinski definition) is 0. The molecule has 3 heteroatoms. The molecule has 0 saturated carbocycles. The molecule has 0 spiro atoms. The molecular formula is C49H32N2O. The fraction of sp³-hybridized carbons (Fsp3) is 0. The van der Waals surface area contributed by atoms with Crippen molar-refractivity contribution in [3.8, 4) is 33.4 Å². The summed E-state index contributed by atoms with van der Waals surface area (Å²) < 4.78 is 6.53. The van der Waals surface area contributed by atoms with Crippen LogP contribution in [0.3, 0.4) is 0 Å². The van der Waals surface area contributed by atoms with E-state index in [4.69, 9.17) is 4.42 Å². The van der Waals surface area contributed by atoms with E-state index in [0.717, 1.165) is 44.2 Å². The lowest BCUT2D eigenvalue weighted by molar-refractivity contribution is 0.657. The second-order valence-corrected chi connectivity index (χ2v) is 13.1. The lowest BCUT2D eigenvalue weighted by Gasteiger charge is -2.27. The van der Waals surface area contributed by atoms with E-state index in [9.17, 15) is 0 Å². The SMILES string of the molecule is c1ccc(-c2ccc(N(c3ccc(-c4ccc(-c5ccccc5)c5ccccc45)cc3)c3cc4ccccc4c4oc5ncccc5c34)cc2)cc1. The van der Waals surface area contributed by atoms with Crippen LogP contribution in [0.4, 0.5) is 17.1 Å². The average molecular weight is 665 g/mol. The zero-order chi connectivity index (χ0) is 34.4. The topological polar surface area (TPSA) is 29.3 Å². The van der Waals surface area contributed by atoms with Gasteiger partial charge >= 0.3 is 0 Å². The summed E-state index contributed by atoms with van der Waals surface area (Å²) in [7, 11) is 0. The number of rotatable bonds is 6. The summed E-state index contributed by atoms with van der Waals surface area (Å²) in [4.78, 5) is 6.98. The van der Waals surface area contributed by atoms with Gasteiger partial charge in [0.1, 0.15) is 5.58 Å². The molecule has 0 atom stereocenters. The predicted molar refractivity (Wildman–Crippen MR) is 218 cm³/mol. The van der Waals surface area contributed by atoms with Gasteiger partial charge in [0, 0.05) is 23.0 Å². The van der Waals surface area contributed by atoms with Crippen LogP contribution in [0, 0.1) is 0 Å². The highest BCUT2D eigenvalue weighted by molar-refractivity contribution is 6.21. The number of aromatic nitrogens is 1. The lowest BCUT2D eigenvalue weighted by Crippen LogP contribution is -2.10. The number of benzene rings is 8. The van der Waals surface area contributed by atoms with Crippen LogP contribution in [-0.2, 0) is 0 Å². The summed E-state index contributed by atoms with van der Waals surface area (Å²) in [5.74, 6) is 0. The van der Waals surface area contributed by atoms with E-state index in [0.29, 0.717) is 5.71 Å². The summed E-state index contributed by atoms with van der Waals surface area (Å²) in [6.07, 6.45) is 1.79. The Balaban J connectivity index is 1.16. The van der Waals surface area contributed by atoms with Gasteiger partial charge < -0.3 is 9.32 Å². The molecule has 10 aromatic rings. The molecule has 2 heterocycles. The van der Waals surface area contributed by atoms with Crippen LogP contribution in [0.25, 0.3) is 77.0 Å². The monoisotopic (exact) mass is 664 g/mol. The van der Waals surface area contributed by atoms with Crippen molar-refractivity contribution < 1.29 is 4.42 Å². The molecule has 10 rings (SSSR count). The number of furan rings is 1. The maximum Gasteiger partial charge on any atom is 0.227 e. The van der Waals surface area contributed by atoms with Gasteiger partial charge in [-0.25, -0.2) is 4.98 Å². The zero-order valence-electron chi connectivity index (χ0n) is 28.3. The van der Waals surface area contributed by atoms with Gasteiger partial charge in [-0.15, -0.1) is 0 Å². The lowest BCUT2D eigenvalue weighted by atomic mass is 9.92. The standard InChI is InChI=1S/C49H32N2O/c1-3-12-33(13-4-1)34-21-25-38(26-22-34)51(46-32-37-16-7-8-17-42(37)48-47(46)45-20-11-31-50-49(45)52-48)39-27-23-36(24-28-39)41-30-29-40(35-14-5-2-6-15-35)43-18-9-10-19-44(41)43/h1-32H. The predicted octanol–water partition coefficient (Wildman–Crippen LogP) is 13.8. The molecule has 0 N–H and O–H groups in total. The number of fused-ring (bicyclic) bond motifs is 6. The van der Waals surface area contributed by atoms with E-state index in [1.54, 1.807) is 6.20 Å². The molecule has 3 nitrogen and oxygen atoms in total. The molecule has 52 heavy (non-hydrogen) atoms. The van der Waals surface area contributed by atoms with Crippen molar-refractivity contribution >= 4 is 60.7 Å². The summed E-state index contributed by atoms with van der Waals surface area (Å²) in [5.41, 5.74) is 11.8. The largest absolute Gasteiger partial charge is 0.437 e. The third-order valence-electron chi connectivity index (χ3n) is 10.1. The van der Waals surface area contributed by atoms with Gasteiger partial charge in [-0.1, -0.05) is 146 Å².